The van der Waals surface area contributed by atoms with Gasteiger partial charge in [-0.1, -0.05) is 0 Å². The summed E-state index contributed by atoms with van der Waals surface area (Å²) in [5.41, 5.74) is 0.257. The topological polar surface area (TPSA) is 29.1 Å². The molecule has 0 bridgehead atoms. The van der Waals surface area contributed by atoms with Gasteiger partial charge in [-0.2, -0.15) is 0 Å². The minimum absolute atomic E-state index is 0.257. The summed E-state index contributed by atoms with van der Waals surface area (Å²) in [4.78, 5) is 13.5. The van der Waals surface area contributed by atoms with Crippen LogP contribution in [0.2, 0.25) is 0 Å². The van der Waals surface area contributed by atoms with Crippen LogP contribution in [0.25, 0.3) is 0 Å². The molecule has 0 radical (unpaired) electrons. The van der Waals surface area contributed by atoms with Crippen molar-refractivity contribution in [2.75, 3.05) is 11.5 Å². The van der Waals surface area contributed by atoms with Crippen LogP contribution >= 0.6 is 34.5 Å². The van der Waals surface area contributed by atoms with Crippen molar-refractivity contribution in [2.24, 2.45) is 0 Å². The summed E-state index contributed by atoms with van der Waals surface area (Å²) in [6.45, 7) is -1.30. The van der Waals surface area contributed by atoms with Gasteiger partial charge < -0.3 is 0 Å². The number of amides is 1. The van der Waals surface area contributed by atoms with Gasteiger partial charge in [-0.25, -0.2) is 0 Å². The van der Waals surface area contributed by atoms with E-state index < -0.39 is 34.5 Å². The average molecular weight is 471 g/mol. The van der Waals surface area contributed by atoms with E-state index in [2.05, 4.69) is 23.5 Å². The van der Waals surface area contributed by atoms with Gasteiger partial charge in [-0.3, -0.25) is 0 Å². The van der Waals surface area contributed by atoms with Crippen molar-refractivity contribution in [3.63, 3.8) is 0 Å². The van der Waals surface area contributed by atoms with Crippen molar-refractivity contribution < 1.29 is 18.0 Å². The zero-order valence-electron chi connectivity index (χ0n) is 8.81. The predicted octanol–water partition coefficient (Wildman–Crippen LogP) is 3.63. The molecule has 0 aliphatic rings. The SMILES string of the molecule is CI(I)c1ccc(C(=O)NCC(F)(F)F)cc1. The number of rotatable bonds is 3. The van der Waals surface area contributed by atoms with Crippen LogP contribution in [0.4, 0.5) is 13.2 Å². The van der Waals surface area contributed by atoms with E-state index in [0.717, 1.165) is 0 Å². The normalized spacial score (nSPS) is 12.2. The molecule has 1 N–H and O–H groups in total. The molecule has 0 saturated heterocycles. The molecule has 1 amide bonds. The number of carbonyl (C=O) groups is 1. The third-order valence-electron chi connectivity index (χ3n) is 1.86. The maximum atomic E-state index is 11.9. The molecule has 0 heterocycles. The number of halogens is 5. The molecule has 7 heteroatoms. The summed E-state index contributed by atoms with van der Waals surface area (Å²) in [5.74, 6) is -0.696. The maximum absolute atomic E-state index is 11.9. The third-order valence-corrected chi connectivity index (χ3v) is 7.45. The second-order valence-electron chi connectivity index (χ2n) is 3.21. The van der Waals surface area contributed by atoms with E-state index in [9.17, 15) is 18.0 Å². The molecule has 1 rings (SSSR count). The number of hydrogen-bond donors (Lipinski definition) is 1. The first-order valence-corrected chi connectivity index (χ1v) is 14.0. The summed E-state index contributed by atoms with van der Waals surface area (Å²) in [7, 11) is 0. The van der Waals surface area contributed by atoms with Gasteiger partial charge in [-0.05, 0) is 0 Å². The molecule has 1 aromatic rings. The van der Waals surface area contributed by atoms with Crippen molar-refractivity contribution in [2.45, 2.75) is 6.18 Å². The van der Waals surface area contributed by atoms with Crippen LogP contribution in [0.3, 0.4) is 0 Å². The molecule has 2 nitrogen and oxygen atoms in total. The van der Waals surface area contributed by atoms with Crippen LogP contribution in [0.15, 0.2) is 24.3 Å². The number of alkyl halides is 4. The summed E-state index contributed by atoms with van der Waals surface area (Å²) in [6.07, 6.45) is -4.37. The molecular weight excluding hydrogens is 461 g/mol. The van der Waals surface area contributed by atoms with Gasteiger partial charge in [0.2, 0.25) is 0 Å². The molecule has 0 aliphatic heterocycles. The van der Waals surface area contributed by atoms with Crippen LogP contribution < -0.4 is 5.32 Å². The van der Waals surface area contributed by atoms with Gasteiger partial charge in [0.25, 0.3) is 0 Å². The van der Waals surface area contributed by atoms with Crippen molar-refractivity contribution in [1.82, 2.24) is 5.32 Å². The van der Waals surface area contributed by atoms with E-state index in [-0.39, 0.29) is 5.56 Å². The van der Waals surface area contributed by atoms with Crippen molar-refractivity contribution in [1.29, 1.82) is 0 Å². The first kappa shape index (κ1) is 15.0. The quantitative estimate of drug-likeness (QED) is 0.530. The average Bonchev–Trinajstić information content (AvgIpc) is 2.25. The molecule has 0 unspecified atom stereocenters. The molecular formula is C10H10F3I2NO. The number of benzene rings is 1. The Balaban J connectivity index is 2.64. The fourth-order valence-electron chi connectivity index (χ4n) is 1.06. The Morgan fingerprint density at radius 3 is 2.29 bits per heavy atom. The van der Waals surface area contributed by atoms with E-state index in [1.807, 2.05) is 5.32 Å². The fraction of sp³-hybridized carbons (Fsp3) is 0.300. The predicted molar refractivity (Wildman–Crippen MR) is 77.5 cm³/mol. The van der Waals surface area contributed by atoms with Crippen LogP contribution in [0.1, 0.15) is 10.4 Å². The first-order valence-electron chi connectivity index (χ1n) is 4.51. The van der Waals surface area contributed by atoms with E-state index >= 15 is 0 Å². The van der Waals surface area contributed by atoms with Gasteiger partial charge in [0, 0.05) is 0 Å². The van der Waals surface area contributed by atoms with E-state index in [4.69, 9.17) is 0 Å². The van der Waals surface area contributed by atoms with E-state index in [1.165, 1.54) is 3.57 Å². The van der Waals surface area contributed by atoms with E-state index in [0.29, 0.717) is 0 Å². The molecule has 0 aromatic heterocycles. The van der Waals surface area contributed by atoms with Gasteiger partial charge in [-0.15, -0.1) is 0 Å². The Labute approximate surface area is 114 Å². The molecule has 0 fully saturated rings. The van der Waals surface area contributed by atoms with E-state index in [1.54, 1.807) is 24.3 Å². The Kier molecular flexibility index (Phi) is 5.48. The minimum atomic E-state index is -4.37. The van der Waals surface area contributed by atoms with Gasteiger partial charge >= 0.3 is 115 Å². The molecule has 96 valence electrons. The summed E-state index contributed by atoms with van der Waals surface area (Å²) in [6, 6.07) is 6.74. The Hall–Kier alpha value is -0.0600. The van der Waals surface area contributed by atoms with Crippen LogP contribution in [0, 0.1) is 3.57 Å². The number of nitrogens with one attached hydrogen (secondary N) is 1. The summed E-state index contributed by atoms with van der Waals surface area (Å²) < 4.78 is 36.9. The molecule has 0 aliphatic carbocycles. The standard InChI is InChI=1S/C10H10F3I2NO/c1-15(14)8-4-2-7(3-5-8)9(17)16-6-10(11,12)13/h2-5H,6H2,1H3,(H,16,17). The zero-order valence-corrected chi connectivity index (χ0v) is 13.1. The molecule has 1 aromatic carbocycles. The van der Waals surface area contributed by atoms with Gasteiger partial charge in [0.15, 0.2) is 0 Å². The fourth-order valence-corrected chi connectivity index (χ4v) is 4.23. The second kappa shape index (κ2) is 6.21. The third kappa shape index (κ3) is 5.40. The van der Waals surface area contributed by atoms with Crippen molar-refractivity contribution >= 4 is 40.4 Å². The second-order valence-corrected chi connectivity index (χ2v) is 15.0. The number of carbonyl (C=O) groups excluding carboxylic acids is 1. The zero-order chi connectivity index (χ0) is 13.1. The molecule has 17 heavy (non-hydrogen) atoms. The van der Waals surface area contributed by atoms with Gasteiger partial charge in [0.05, 0.1) is 0 Å². The molecule has 0 atom stereocenters. The molecule has 0 saturated carbocycles. The first-order chi connectivity index (χ1) is 7.79. The molecule has 0 spiro atoms. The van der Waals surface area contributed by atoms with Crippen LogP contribution in [-0.2, 0) is 0 Å². The van der Waals surface area contributed by atoms with Crippen molar-refractivity contribution in [3.8, 4) is 0 Å². The summed E-state index contributed by atoms with van der Waals surface area (Å²) in [5, 5.41) is 1.83. The van der Waals surface area contributed by atoms with Gasteiger partial charge in [0.1, 0.15) is 0 Å². The Morgan fingerprint density at radius 1 is 1.35 bits per heavy atom. The van der Waals surface area contributed by atoms with Crippen LogP contribution in [0.5, 0.6) is 0 Å². The monoisotopic (exact) mass is 471 g/mol. The van der Waals surface area contributed by atoms with Crippen molar-refractivity contribution in [3.05, 3.63) is 33.4 Å². The Morgan fingerprint density at radius 2 is 1.88 bits per heavy atom. The van der Waals surface area contributed by atoms with Crippen LogP contribution in [-0.4, -0.2) is 23.6 Å². The number of hydrogen-bond acceptors (Lipinski definition) is 1. The Bertz CT molecular complexity index is 390. The summed E-state index contributed by atoms with van der Waals surface area (Å²) >= 11 is 1.24.